The van der Waals surface area contributed by atoms with E-state index in [0.29, 0.717) is 65.6 Å². The molecule has 474 valence electrons. The molecule has 3 N–H and O–H groups in total. The van der Waals surface area contributed by atoms with E-state index >= 15 is 0 Å². The van der Waals surface area contributed by atoms with E-state index in [1.165, 1.54) is 55.4 Å². The molecule has 4 bridgehead atoms. The van der Waals surface area contributed by atoms with Crippen molar-refractivity contribution < 1.29 is 33.8 Å². The number of likely N-dealkylation sites (N-methyl/N-ethyl adjacent to an activating group) is 1. The number of nitrogens with one attached hydrogen (secondary N) is 2. The van der Waals surface area contributed by atoms with Gasteiger partial charge in [0.2, 0.25) is 17.7 Å². The zero-order chi connectivity index (χ0) is 62.5. The number of aromatic carboxylic acids is 1. The highest BCUT2D eigenvalue weighted by Crippen LogP contribution is 2.72. The van der Waals surface area contributed by atoms with Crippen molar-refractivity contribution in [1.82, 2.24) is 50.0 Å². The van der Waals surface area contributed by atoms with Gasteiger partial charge in [-0.05, 0) is 180 Å². The third-order valence-corrected chi connectivity index (χ3v) is 22.0. The lowest BCUT2D eigenvalue weighted by Gasteiger charge is -2.69. The first-order valence-electron chi connectivity index (χ1n) is 33.1. The van der Waals surface area contributed by atoms with Crippen LogP contribution in [-0.2, 0) is 38.6 Å². The molecular weight excluding hydrogens is 1150 g/mol. The number of carbonyl (C=O) groups excluding carboxylic acids is 4. The zero-order valence-corrected chi connectivity index (χ0v) is 53.9. The Hall–Kier alpha value is -7.34. The maximum atomic E-state index is 13.2. The molecule has 2 saturated heterocycles. The number of anilines is 4. The fourth-order valence-electron chi connectivity index (χ4n) is 17.9. The summed E-state index contributed by atoms with van der Waals surface area (Å²) in [5.41, 5.74) is 13.4. The van der Waals surface area contributed by atoms with Crippen LogP contribution in [0.4, 0.5) is 22.6 Å². The number of hydrogen-bond donors (Lipinski definition) is 3. The summed E-state index contributed by atoms with van der Waals surface area (Å²) < 4.78 is 10.2. The number of nitrogens with zero attached hydrogens (tertiary/aromatic N) is 10. The fourth-order valence-corrected chi connectivity index (χ4v) is 18.7. The molecule has 3 unspecified atom stereocenters. The summed E-state index contributed by atoms with van der Waals surface area (Å²) in [4.78, 5) is 81.3. The Morgan fingerprint density at radius 1 is 0.856 bits per heavy atom. The molecule has 5 aromatic rings. The lowest BCUT2D eigenvalue weighted by molar-refractivity contribution is -0.248. The van der Waals surface area contributed by atoms with Gasteiger partial charge in [0.25, 0.3) is 5.91 Å². The van der Waals surface area contributed by atoms with E-state index in [0.717, 1.165) is 154 Å². The number of piperidine rings is 2. The van der Waals surface area contributed by atoms with E-state index in [-0.39, 0.29) is 51.7 Å². The highest BCUT2D eigenvalue weighted by atomic mass is 32.1. The van der Waals surface area contributed by atoms with Crippen molar-refractivity contribution >= 4 is 75.3 Å². The minimum atomic E-state index is -1.09. The van der Waals surface area contributed by atoms with Gasteiger partial charge in [0.15, 0.2) is 22.5 Å². The first kappa shape index (κ1) is 61.5. The first-order chi connectivity index (χ1) is 43.3. The quantitative estimate of drug-likeness (QED) is 0.0297. The standard InChI is InChI=1S/C70H86N12O7S/c1-45-50-17-16-30-80(62(50)77-76-61(45)75-66-72-54-18-13-14-19-56(54)90-66)57-25-23-52(60(73-57)65(87)88)53-36-71-82(46(53)2)44-69-39-67(3)38-68(4,40-69)42-70(41-67,43-69)89-34-33-78(5)29-15-11-9-7-6-8-10-12-20-59(84)79-31-27-47(28-32-79)48-21-22-51-49(35-48)37-81(64(51)86)55-24-26-58(83)74-63(55)85/h13,18,21-23,25,35-36,47,55H,6-12,15-17,20,24,26-34,37-44H2,1-5H3,(H,87,88)(H,72,75,76)(H,74,83,85). The van der Waals surface area contributed by atoms with Crippen molar-refractivity contribution in [2.45, 2.75) is 193 Å². The number of ether oxygens (including phenoxy) is 1. The molecule has 9 aliphatic rings. The molecule has 19 nitrogen and oxygen atoms in total. The number of carbonyl (C=O) groups is 5. The second kappa shape index (κ2) is 25.0. The van der Waals surface area contributed by atoms with Crippen LogP contribution >= 0.6 is 11.3 Å². The van der Waals surface area contributed by atoms with Crippen LogP contribution < -0.4 is 25.4 Å². The van der Waals surface area contributed by atoms with Gasteiger partial charge in [-0.25, -0.2) is 14.8 Å². The average molecular weight is 1240 g/mol. The van der Waals surface area contributed by atoms with Crippen LogP contribution in [0.15, 0.2) is 48.3 Å². The Bertz CT molecular complexity index is 3850. The van der Waals surface area contributed by atoms with Gasteiger partial charge in [0.1, 0.15) is 16.4 Å². The highest BCUT2D eigenvalue weighted by molar-refractivity contribution is 7.13. The summed E-state index contributed by atoms with van der Waals surface area (Å²) in [6.45, 7) is 15.0. The Labute approximate surface area is 531 Å². The van der Waals surface area contributed by atoms with Gasteiger partial charge in [-0.15, -0.1) is 10.2 Å². The van der Waals surface area contributed by atoms with Gasteiger partial charge >= 0.3 is 5.97 Å². The molecule has 4 amide bonds. The lowest BCUT2D eigenvalue weighted by Crippen LogP contribution is -2.64. The molecule has 8 heterocycles. The fraction of sp³-hybridized carbons (Fsp3) is 0.571. The van der Waals surface area contributed by atoms with Gasteiger partial charge in [0, 0.05) is 85.6 Å². The van der Waals surface area contributed by atoms with Crippen molar-refractivity contribution in [3.63, 3.8) is 0 Å². The molecule has 5 aliphatic carbocycles. The van der Waals surface area contributed by atoms with Crippen LogP contribution in [0.5, 0.6) is 0 Å². The van der Waals surface area contributed by atoms with Gasteiger partial charge in [0.05, 0.1) is 23.8 Å². The molecule has 3 atom stereocenters. The predicted molar refractivity (Wildman–Crippen MR) is 345 cm³/mol. The normalized spacial score (nSPS) is 24.9. The van der Waals surface area contributed by atoms with E-state index in [2.05, 4.69) is 80.7 Å². The van der Waals surface area contributed by atoms with Crippen LogP contribution in [0.1, 0.15) is 197 Å². The molecule has 1 aromatic carbocycles. The topological polar surface area (TPSA) is 221 Å². The average Bonchev–Trinajstić information content (AvgIpc) is 0.883. The minimum absolute atomic E-state index is 0.0115. The summed E-state index contributed by atoms with van der Waals surface area (Å²) in [5, 5.41) is 32.3. The van der Waals surface area contributed by atoms with E-state index in [9.17, 15) is 29.1 Å². The monoisotopic (exact) mass is 1240 g/mol. The largest absolute Gasteiger partial charge is 0.476 e. The van der Waals surface area contributed by atoms with Gasteiger partial charge in [-0.1, -0.05) is 81.6 Å². The third kappa shape index (κ3) is 12.6. The van der Waals surface area contributed by atoms with Gasteiger partial charge < -0.3 is 34.8 Å². The Morgan fingerprint density at radius 2 is 1.61 bits per heavy atom. The van der Waals surface area contributed by atoms with Crippen molar-refractivity contribution in [3.8, 4) is 11.1 Å². The number of benzene rings is 1. The van der Waals surface area contributed by atoms with Crippen molar-refractivity contribution in [1.29, 1.82) is 0 Å². The summed E-state index contributed by atoms with van der Waals surface area (Å²) in [7, 11) is 2.23. The van der Waals surface area contributed by atoms with E-state index in [4.69, 9.17) is 14.8 Å². The number of likely N-dealkylation sites (tertiary alicyclic amines) is 1. The van der Waals surface area contributed by atoms with Crippen LogP contribution in [0.25, 0.3) is 22.9 Å². The maximum Gasteiger partial charge on any atom is 0.355 e. The SMILES string of the molecule is Cc1c(Nc2nc3c(s2)=C=C=CC=3)nnc2c1CCCN2c1ccc(-c2cnn(CC34CC5(C)CC(C)(C3)CC(OCCN(C)CCCCCCCCCCC(=O)N3CCC(c6ccc7c(c6)CN(C6CCC(=O)NC6=O)C7=O)CC3)(C5)C4)c2C)c(C(=O)O)n1. The van der Waals surface area contributed by atoms with Crippen LogP contribution in [0.2, 0.25) is 0 Å². The number of aromatic nitrogens is 6. The van der Waals surface area contributed by atoms with E-state index in [1.807, 2.05) is 53.3 Å². The number of allylic oxidation sites excluding steroid dienone is 1. The number of carboxylic acids is 1. The number of rotatable bonds is 24. The summed E-state index contributed by atoms with van der Waals surface area (Å²) >= 11 is 1.49. The number of thiazole rings is 1. The summed E-state index contributed by atoms with van der Waals surface area (Å²) in [6, 6.07) is 9.22. The molecule has 4 aromatic heterocycles. The second-order valence-corrected chi connectivity index (χ2v) is 29.4. The molecule has 4 saturated carbocycles. The van der Waals surface area contributed by atoms with E-state index in [1.54, 1.807) is 11.0 Å². The summed E-state index contributed by atoms with van der Waals surface area (Å²) in [6.07, 6.45) is 26.1. The molecule has 90 heavy (non-hydrogen) atoms. The van der Waals surface area contributed by atoms with Crippen LogP contribution in [0.3, 0.4) is 0 Å². The maximum absolute atomic E-state index is 13.2. The van der Waals surface area contributed by atoms with E-state index < -0.39 is 17.9 Å². The molecule has 6 fully saturated rings. The lowest BCUT2D eigenvalue weighted by atomic mass is 9.39. The highest BCUT2D eigenvalue weighted by Gasteiger charge is 2.66. The number of fused-ring (bicyclic) bond motifs is 3. The van der Waals surface area contributed by atoms with Gasteiger partial charge in [-0.2, -0.15) is 5.10 Å². The zero-order valence-electron chi connectivity index (χ0n) is 53.1. The molecule has 0 spiro atoms. The summed E-state index contributed by atoms with van der Waals surface area (Å²) in [5.74, 6) is 0.518. The number of amides is 4. The number of imide groups is 1. The van der Waals surface area contributed by atoms with Crippen molar-refractivity contribution in [2.75, 3.05) is 56.6 Å². The van der Waals surface area contributed by atoms with Gasteiger partial charge in [-0.3, -0.25) is 29.2 Å². The predicted octanol–water partition coefficient (Wildman–Crippen LogP) is 9.97. The molecule has 4 aliphatic heterocycles. The number of hydrogen-bond acceptors (Lipinski definition) is 15. The Kier molecular flexibility index (Phi) is 17.1. The third-order valence-electron chi connectivity index (χ3n) is 21.1. The number of unbranched alkanes of at least 4 members (excludes halogenated alkanes) is 7. The van der Waals surface area contributed by atoms with Crippen molar-refractivity contribution in [3.05, 3.63) is 97.4 Å². The first-order valence-corrected chi connectivity index (χ1v) is 33.9. The minimum Gasteiger partial charge on any atom is -0.476 e. The Balaban J connectivity index is 0.534. The number of carboxylic acid groups (broad SMARTS) is 1. The number of pyridine rings is 1. The molecular formula is C70H86N12O7S. The van der Waals surface area contributed by atoms with Crippen LogP contribution in [-0.4, -0.2) is 137 Å². The Morgan fingerprint density at radius 3 is 2.37 bits per heavy atom. The second-order valence-electron chi connectivity index (χ2n) is 28.4. The smallest absolute Gasteiger partial charge is 0.355 e. The molecule has 20 heteroatoms. The van der Waals surface area contributed by atoms with Crippen LogP contribution in [0, 0.1) is 30.1 Å². The molecule has 0 radical (unpaired) electrons. The molecule has 14 rings (SSSR count). The van der Waals surface area contributed by atoms with Crippen molar-refractivity contribution in [2.24, 2.45) is 16.2 Å².